The molecule has 1 N–H and O–H groups in total. The van der Waals surface area contributed by atoms with E-state index in [9.17, 15) is 4.79 Å². The highest BCUT2D eigenvalue weighted by Crippen LogP contribution is 2.22. The second-order valence-corrected chi connectivity index (χ2v) is 5.05. The fraction of sp³-hybridized carbons (Fsp3) is 0.533. The third kappa shape index (κ3) is 4.22. The van der Waals surface area contributed by atoms with Crippen LogP contribution in [0.5, 0.6) is 0 Å². The second kappa shape index (κ2) is 7.51. The first-order valence-corrected chi connectivity index (χ1v) is 7.18. The van der Waals surface area contributed by atoms with Gasteiger partial charge in [0.1, 0.15) is 0 Å². The molecular weight excluding hydrogens is 260 g/mol. The van der Waals surface area contributed by atoms with Crippen molar-refractivity contribution in [2.45, 2.75) is 39.8 Å². The lowest BCUT2D eigenvalue weighted by Gasteiger charge is -2.26. The van der Waals surface area contributed by atoms with Crippen molar-refractivity contribution < 1.29 is 4.79 Å². The fourth-order valence-corrected chi connectivity index (χ4v) is 2.47. The number of benzene rings is 1. The van der Waals surface area contributed by atoms with Gasteiger partial charge in [0.05, 0.1) is 6.04 Å². The molecule has 0 saturated heterocycles. The first kappa shape index (κ1) is 16.0. The van der Waals surface area contributed by atoms with Crippen molar-refractivity contribution in [1.29, 1.82) is 0 Å². The molecule has 0 bridgehead atoms. The normalized spacial score (nSPS) is 13.9. The summed E-state index contributed by atoms with van der Waals surface area (Å²) in [6.07, 6.45) is 0. The molecule has 0 spiro atoms. The molecule has 0 heterocycles. The molecule has 3 nitrogen and oxygen atoms in total. The molecule has 0 aliphatic rings. The molecule has 4 heteroatoms. The van der Waals surface area contributed by atoms with E-state index >= 15 is 0 Å². The van der Waals surface area contributed by atoms with Crippen LogP contribution in [0.15, 0.2) is 24.3 Å². The lowest BCUT2D eigenvalue weighted by atomic mass is 10.1. The van der Waals surface area contributed by atoms with E-state index in [0.717, 1.165) is 23.7 Å². The quantitative estimate of drug-likeness (QED) is 0.869. The summed E-state index contributed by atoms with van der Waals surface area (Å²) in [5.41, 5.74) is 1.02. The Kier molecular flexibility index (Phi) is 6.32. The van der Waals surface area contributed by atoms with Crippen molar-refractivity contribution in [2.24, 2.45) is 0 Å². The van der Waals surface area contributed by atoms with Crippen LogP contribution < -0.4 is 5.32 Å². The Balaban J connectivity index is 2.69. The van der Waals surface area contributed by atoms with Crippen molar-refractivity contribution in [3.05, 3.63) is 34.9 Å². The number of hydrogen-bond donors (Lipinski definition) is 1. The van der Waals surface area contributed by atoms with Gasteiger partial charge in [0.2, 0.25) is 5.91 Å². The fourth-order valence-electron chi connectivity index (χ4n) is 2.17. The minimum absolute atomic E-state index is 0.0446. The summed E-state index contributed by atoms with van der Waals surface area (Å²) in [4.78, 5) is 14.0. The van der Waals surface area contributed by atoms with E-state index < -0.39 is 0 Å². The van der Waals surface area contributed by atoms with E-state index in [1.54, 1.807) is 0 Å². The molecular formula is C15H23ClN2O. The maximum atomic E-state index is 12.2. The van der Waals surface area contributed by atoms with E-state index in [-0.39, 0.29) is 18.0 Å². The Labute approximate surface area is 120 Å². The summed E-state index contributed by atoms with van der Waals surface area (Å²) in [5.74, 6) is 0.129. The van der Waals surface area contributed by atoms with Crippen LogP contribution in [0.3, 0.4) is 0 Å². The molecule has 106 valence electrons. The first-order valence-electron chi connectivity index (χ1n) is 6.80. The lowest BCUT2D eigenvalue weighted by Crippen LogP contribution is -2.45. The minimum atomic E-state index is -0.217. The van der Waals surface area contributed by atoms with Gasteiger partial charge in [-0.15, -0.1) is 0 Å². The van der Waals surface area contributed by atoms with Crippen LogP contribution in [0.4, 0.5) is 0 Å². The Morgan fingerprint density at radius 3 is 2.37 bits per heavy atom. The Morgan fingerprint density at radius 1 is 1.26 bits per heavy atom. The van der Waals surface area contributed by atoms with Crippen LogP contribution in [0.25, 0.3) is 0 Å². The minimum Gasteiger partial charge on any atom is -0.342 e. The number of rotatable bonds is 6. The van der Waals surface area contributed by atoms with Crippen LogP contribution in [0, 0.1) is 0 Å². The number of likely N-dealkylation sites (N-methyl/N-ethyl adjacent to an activating group) is 1. The van der Waals surface area contributed by atoms with Gasteiger partial charge in [-0.25, -0.2) is 0 Å². The number of halogens is 1. The first-order chi connectivity index (χ1) is 9.01. The number of hydrogen-bond acceptors (Lipinski definition) is 2. The van der Waals surface area contributed by atoms with Crippen molar-refractivity contribution in [1.82, 2.24) is 10.2 Å². The number of nitrogens with one attached hydrogen (secondary N) is 1. The topological polar surface area (TPSA) is 32.3 Å². The molecule has 1 rings (SSSR count). The third-order valence-corrected chi connectivity index (χ3v) is 3.66. The average Bonchev–Trinajstić information content (AvgIpc) is 2.40. The molecule has 0 saturated carbocycles. The summed E-state index contributed by atoms with van der Waals surface area (Å²) in [6, 6.07) is 7.54. The van der Waals surface area contributed by atoms with Gasteiger partial charge in [-0.2, -0.15) is 0 Å². The van der Waals surface area contributed by atoms with Gasteiger partial charge >= 0.3 is 0 Å². The highest BCUT2D eigenvalue weighted by molar-refractivity contribution is 6.31. The third-order valence-electron chi connectivity index (χ3n) is 3.32. The van der Waals surface area contributed by atoms with E-state index in [2.05, 4.69) is 5.32 Å². The highest BCUT2D eigenvalue weighted by Gasteiger charge is 2.20. The van der Waals surface area contributed by atoms with Gasteiger partial charge in [-0.3, -0.25) is 10.1 Å². The van der Waals surface area contributed by atoms with Gasteiger partial charge in [0.15, 0.2) is 0 Å². The number of carbonyl (C=O) groups is 1. The Hall–Kier alpha value is -1.06. The number of amides is 1. The van der Waals surface area contributed by atoms with Gasteiger partial charge in [0, 0.05) is 24.2 Å². The zero-order valence-corrected chi connectivity index (χ0v) is 12.9. The van der Waals surface area contributed by atoms with Crippen LogP contribution in [0.2, 0.25) is 5.02 Å². The van der Waals surface area contributed by atoms with Crippen molar-refractivity contribution in [3.8, 4) is 0 Å². The summed E-state index contributed by atoms with van der Waals surface area (Å²) in [6.45, 7) is 9.38. The predicted molar refractivity (Wildman–Crippen MR) is 80.4 cm³/mol. The van der Waals surface area contributed by atoms with Gasteiger partial charge in [0.25, 0.3) is 0 Å². The summed E-state index contributed by atoms with van der Waals surface area (Å²) >= 11 is 6.16. The largest absolute Gasteiger partial charge is 0.342 e. The van der Waals surface area contributed by atoms with Gasteiger partial charge in [-0.05, 0) is 39.3 Å². The van der Waals surface area contributed by atoms with E-state index in [1.165, 1.54) is 0 Å². The van der Waals surface area contributed by atoms with Crippen molar-refractivity contribution >= 4 is 17.5 Å². The van der Waals surface area contributed by atoms with Crippen LogP contribution in [0.1, 0.15) is 39.3 Å². The van der Waals surface area contributed by atoms with E-state index in [1.807, 2.05) is 56.9 Å². The molecule has 2 atom stereocenters. The van der Waals surface area contributed by atoms with Crippen molar-refractivity contribution in [2.75, 3.05) is 13.1 Å². The predicted octanol–water partition coefficient (Wildman–Crippen LogP) is 3.25. The summed E-state index contributed by atoms with van der Waals surface area (Å²) in [7, 11) is 0. The molecule has 1 unspecified atom stereocenters. The average molecular weight is 283 g/mol. The molecule has 0 aromatic heterocycles. The monoisotopic (exact) mass is 282 g/mol. The lowest BCUT2D eigenvalue weighted by molar-refractivity contribution is -0.132. The Bertz CT molecular complexity index is 418. The molecule has 0 fully saturated rings. The van der Waals surface area contributed by atoms with Crippen LogP contribution in [-0.4, -0.2) is 29.9 Å². The maximum absolute atomic E-state index is 12.2. The molecule has 1 amide bonds. The van der Waals surface area contributed by atoms with Gasteiger partial charge in [-0.1, -0.05) is 29.8 Å². The molecule has 1 aromatic carbocycles. The highest BCUT2D eigenvalue weighted by atomic mass is 35.5. The number of carbonyl (C=O) groups excluding carboxylic acids is 1. The molecule has 0 radical (unpaired) electrons. The molecule has 0 aliphatic carbocycles. The summed E-state index contributed by atoms with van der Waals surface area (Å²) < 4.78 is 0. The zero-order chi connectivity index (χ0) is 14.4. The van der Waals surface area contributed by atoms with Crippen LogP contribution in [-0.2, 0) is 4.79 Å². The maximum Gasteiger partial charge on any atom is 0.239 e. The smallest absolute Gasteiger partial charge is 0.239 e. The molecule has 1 aromatic rings. The number of nitrogens with zero attached hydrogens (tertiary/aromatic N) is 1. The van der Waals surface area contributed by atoms with Crippen molar-refractivity contribution in [3.63, 3.8) is 0 Å². The molecule has 0 aliphatic heterocycles. The summed E-state index contributed by atoms with van der Waals surface area (Å²) in [5, 5.41) is 4.04. The zero-order valence-electron chi connectivity index (χ0n) is 12.1. The van der Waals surface area contributed by atoms with Crippen LogP contribution >= 0.6 is 11.6 Å². The Morgan fingerprint density at radius 2 is 1.84 bits per heavy atom. The SMILES string of the molecule is CCN(CC)C(=O)C(C)N[C@@H](C)c1ccccc1Cl. The van der Waals surface area contributed by atoms with Gasteiger partial charge < -0.3 is 4.90 Å². The molecule has 19 heavy (non-hydrogen) atoms. The van der Waals surface area contributed by atoms with E-state index in [4.69, 9.17) is 11.6 Å². The standard InChI is InChI=1S/C15H23ClN2O/c1-5-18(6-2)15(19)12(4)17-11(3)13-9-7-8-10-14(13)16/h7-12,17H,5-6H2,1-4H3/t11-,12?/m0/s1. The second-order valence-electron chi connectivity index (χ2n) is 4.64. The van der Waals surface area contributed by atoms with E-state index in [0.29, 0.717) is 0 Å².